The zero-order valence-corrected chi connectivity index (χ0v) is 10.9. The lowest BCUT2D eigenvalue weighted by Crippen LogP contribution is -2.19. The van der Waals surface area contributed by atoms with E-state index in [4.69, 9.17) is 0 Å². The summed E-state index contributed by atoms with van der Waals surface area (Å²) in [6.45, 7) is 1.88. The first-order valence-electron chi connectivity index (χ1n) is 5.64. The molecule has 2 rings (SSSR count). The molecular weight excluding hydrogens is 242 g/mol. The number of carbonyl (C=O) groups is 1. The second kappa shape index (κ2) is 6.04. The van der Waals surface area contributed by atoms with Crippen LogP contribution in [0.25, 0.3) is 10.4 Å². The number of benzene rings is 1. The number of hydrogen-bond acceptors (Lipinski definition) is 2. The van der Waals surface area contributed by atoms with Gasteiger partial charge < -0.3 is 5.32 Å². The van der Waals surface area contributed by atoms with Crippen LogP contribution in [-0.4, -0.2) is 12.5 Å². The minimum atomic E-state index is -0.0551. The highest BCUT2D eigenvalue weighted by molar-refractivity contribution is 7.16. The van der Waals surface area contributed by atoms with Crippen molar-refractivity contribution in [3.63, 3.8) is 0 Å². The molecule has 0 spiro atoms. The van der Waals surface area contributed by atoms with Gasteiger partial charge in [-0.15, -0.1) is 11.3 Å². The van der Waals surface area contributed by atoms with Crippen LogP contribution in [0.1, 0.15) is 11.8 Å². The second-order valence-electron chi connectivity index (χ2n) is 3.74. The van der Waals surface area contributed by atoms with Gasteiger partial charge in [-0.25, -0.2) is 0 Å². The van der Waals surface area contributed by atoms with Gasteiger partial charge in [0.1, 0.15) is 0 Å². The van der Waals surface area contributed by atoms with Crippen molar-refractivity contribution < 1.29 is 4.79 Å². The first-order chi connectivity index (χ1) is 8.75. The Balaban J connectivity index is 2.05. The Morgan fingerprint density at radius 1 is 1.22 bits per heavy atom. The third-order valence-electron chi connectivity index (χ3n) is 2.30. The summed E-state index contributed by atoms with van der Waals surface area (Å²) in [5.74, 6) is 5.92. The zero-order chi connectivity index (χ0) is 12.8. The third kappa shape index (κ3) is 3.47. The molecule has 0 aliphatic heterocycles. The molecular formula is C15H13NOS. The van der Waals surface area contributed by atoms with Crippen LogP contribution in [0.2, 0.25) is 0 Å². The van der Waals surface area contributed by atoms with Gasteiger partial charge >= 0.3 is 0 Å². The van der Waals surface area contributed by atoms with Crippen LogP contribution in [0.4, 0.5) is 0 Å². The summed E-state index contributed by atoms with van der Waals surface area (Å²) in [5, 5.41) is 2.65. The Kier molecular flexibility index (Phi) is 4.16. The molecule has 0 aliphatic carbocycles. The van der Waals surface area contributed by atoms with Gasteiger partial charge in [0.25, 0.3) is 0 Å². The fraction of sp³-hybridized carbons (Fsp3) is 0.133. The molecule has 18 heavy (non-hydrogen) atoms. The number of hydrogen-bond donors (Lipinski definition) is 1. The van der Waals surface area contributed by atoms with E-state index in [2.05, 4.69) is 35.4 Å². The first-order valence-corrected chi connectivity index (χ1v) is 6.46. The molecule has 3 heteroatoms. The van der Waals surface area contributed by atoms with Crippen LogP contribution in [-0.2, 0) is 4.79 Å². The molecule has 2 nitrogen and oxygen atoms in total. The predicted octanol–water partition coefficient (Wildman–Crippen LogP) is 2.90. The highest BCUT2D eigenvalue weighted by Crippen LogP contribution is 2.27. The van der Waals surface area contributed by atoms with E-state index >= 15 is 0 Å². The summed E-state index contributed by atoms with van der Waals surface area (Å²) >= 11 is 1.66. The molecule has 0 fully saturated rings. The third-order valence-corrected chi connectivity index (χ3v) is 3.35. The molecule has 1 heterocycles. The van der Waals surface area contributed by atoms with Crippen LogP contribution < -0.4 is 5.32 Å². The van der Waals surface area contributed by atoms with Gasteiger partial charge in [0, 0.05) is 11.8 Å². The van der Waals surface area contributed by atoms with Gasteiger partial charge in [0.2, 0.25) is 5.91 Å². The highest BCUT2D eigenvalue weighted by Gasteiger charge is 1.99. The van der Waals surface area contributed by atoms with Gasteiger partial charge in [0.05, 0.1) is 11.4 Å². The van der Waals surface area contributed by atoms with Crippen LogP contribution in [0.3, 0.4) is 0 Å². The monoisotopic (exact) mass is 255 g/mol. The number of thiophene rings is 1. The molecule has 1 amide bonds. The summed E-state index contributed by atoms with van der Waals surface area (Å²) in [6.07, 6.45) is 0. The quantitative estimate of drug-likeness (QED) is 0.821. The topological polar surface area (TPSA) is 29.1 Å². The molecule has 0 radical (unpaired) electrons. The lowest BCUT2D eigenvalue weighted by atomic mass is 10.2. The predicted molar refractivity (Wildman–Crippen MR) is 75.3 cm³/mol. The zero-order valence-electron chi connectivity index (χ0n) is 10.1. The van der Waals surface area contributed by atoms with E-state index < -0.39 is 0 Å². The Hall–Kier alpha value is -2.05. The van der Waals surface area contributed by atoms with Crippen LogP contribution >= 0.6 is 11.3 Å². The summed E-state index contributed by atoms with van der Waals surface area (Å²) < 4.78 is 0. The van der Waals surface area contributed by atoms with Crippen molar-refractivity contribution in [3.05, 3.63) is 47.3 Å². The minimum Gasteiger partial charge on any atom is -0.345 e. The summed E-state index contributed by atoms with van der Waals surface area (Å²) in [5.41, 5.74) is 1.21. The fourth-order valence-electron chi connectivity index (χ4n) is 1.46. The average Bonchev–Trinajstić information content (AvgIpc) is 2.84. The normalized spacial score (nSPS) is 9.39. The van der Waals surface area contributed by atoms with E-state index in [1.165, 1.54) is 17.4 Å². The molecule has 2 aromatic rings. The van der Waals surface area contributed by atoms with Crippen molar-refractivity contribution in [1.82, 2.24) is 5.32 Å². The van der Waals surface area contributed by atoms with Crippen molar-refractivity contribution in [2.45, 2.75) is 6.92 Å². The summed E-state index contributed by atoms with van der Waals surface area (Å²) in [4.78, 5) is 12.9. The number of carbonyl (C=O) groups excluding carboxylic acids is 1. The average molecular weight is 255 g/mol. The molecule has 0 saturated heterocycles. The summed E-state index contributed by atoms with van der Waals surface area (Å²) in [7, 11) is 0. The molecule has 0 aliphatic rings. The SMILES string of the molecule is CC(=O)NCC#Cc1ccc(-c2ccccc2)s1. The maximum absolute atomic E-state index is 10.7. The Morgan fingerprint density at radius 3 is 2.72 bits per heavy atom. The van der Waals surface area contributed by atoms with Crippen LogP contribution in [0.5, 0.6) is 0 Å². The van der Waals surface area contributed by atoms with E-state index in [1.54, 1.807) is 11.3 Å². The van der Waals surface area contributed by atoms with E-state index in [0.29, 0.717) is 6.54 Å². The molecule has 0 atom stereocenters. The molecule has 1 aromatic heterocycles. The van der Waals surface area contributed by atoms with Gasteiger partial charge in [-0.3, -0.25) is 4.79 Å². The van der Waals surface area contributed by atoms with Crippen molar-refractivity contribution in [2.24, 2.45) is 0 Å². The molecule has 0 saturated carbocycles. The fourth-order valence-corrected chi connectivity index (χ4v) is 2.35. The number of nitrogens with one attached hydrogen (secondary N) is 1. The Labute approximate surface area is 111 Å². The van der Waals surface area contributed by atoms with Crippen molar-refractivity contribution in [2.75, 3.05) is 6.54 Å². The maximum Gasteiger partial charge on any atom is 0.217 e. The molecule has 1 N–H and O–H groups in total. The van der Waals surface area contributed by atoms with E-state index in [-0.39, 0.29) is 5.91 Å². The van der Waals surface area contributed by atoms with Crippen molar-refractivity contribution in [3.8, 4) is 22.3 Å². The lowest BCUT2D eigenvalue weighted by molar-refractivity contribution is -0.118. The van der Waals surface area contributed by atoms with E-state index in [1.807, 2.05) is 24.3 Å². The standard InChI is InChI=1S/C15H13NOS/c1-12(17)16-11-5-8-14-9-10-15(18-14)13-6-3-2-4-7-13/h2-4,6-7,9-10H,11H2,1H3,(H,16,17). The number of rotatable bonds is 2. The highest BCUT2D eigenvalue weighted by atomic mass is 32.1. The van der Waals surface area contributed by atoms with Gasteiger partial charge in [-0.2, -0.15) is 0 Å². The van der Waals surface area contributed by atoms with E-state index in [0.717, 1.165) is 4.88 Å². The van der Waals surface area contributed by atoms with Gasteiger partial charge in [-0.1, -0.05) is 42.2 Å². The maximum atomic E-state index is 10.7. The first kappa shape index (κ1) is 12.4. The summed E-state index contributed by atoms with van der Waals surface area (Å²) in [6, 6.07) is 14.3. The molecule has 1 aromatic carbocycles. The molecule has 0 bridgehead atoms. The smallest absolute Gasteiger partial charge is 0.217 e. The minimum absolute atomic E-state index is 0.0551. The van der Waals surface area contributed by atoms with Crippen molar-refractivity contribution >= 4 is 17.2 Å². The molecule has 0 unspecified atom stereocenters. The van der Waals surface area contributed by atoms with Gasteiger partial charge in [0.15, 0.2) is 0 Å². The Bertz CT molecular complexity index is 590. The number of amides is 1. The van der Waals surface area contributed by atoms with Crippen LogP contribution in [0, 0.1) is 11.8 Å². The second-order valence-corrected chi connectivity index (χ2v) is 4.83. The van der Waals surface area contributed by atoms with Crippen LogP contribution in [0.15, 0.2) is 42.5 Å². The van der Waals surface area contributed by atoms with E-state index in [9.17, 15) is 4.79 Å². The largest absolute Gasteiger partial charge is 0.345 e. The molecule has 90 valence electrons. The van der Waals surface area contributed by atoms with Crippen molar-refractivity contribution in [1.29, 1.82) is 0 Å². The lowest BCUT2D eigenvalue weighted by Gasteiger charge is -1.93. The van der Waals surface area contributed by atoms with Gasteiger partial charge in [-0.05, 0) is 17.7 Å². The Morgan fingerprint density at radius 2 is 2.00 bits per heavy atom.